The summed E-state index contributed by atoms with van der Waals surface area (Å²) >= 11 is 9.22. The zero-order chi connectivity index (χ0) is 14.1. The van der Waals surface area contributed by atoms with Crippen LogP contribution in [0, 0.1) is 0 Å². The molecule has 1 amide bonds. The number of hydrogen-bond donors (Lipinski definition) is 1. The molecule has 0 fully saturated rings. The third kappa shape index (κ3) is 2.67. The third-order valence-corrected chi connectivity index (χ3v) is 4.01. The van der Waals surface area contributed by atoms with Crippen LogP contribution in [0.4, 0.5) is 5.69 Å². The predicted octanol–water partition coefficient (Wildman–Crippen LogP) is 4.29. The zero-order valence-corrected chi connectivity index (χ0v) is 12.8. The van der Waals surface area contributed by atoms with E-state index in [0.29, 0.717) is 21.7 Å². The number of rotatable bonds is 2. The van der Waals surface area contributed by atoms with E-state index in [0.717, 1.165) is 23.4 Å². The lowest BCUT2D eigenvalue weighted by atomic mass is 10.1. The summed E-state index contributed by atoms with van der Waals surface area (Å²) in [7, 11) is 0. The van der Waals surface area contributed by atoms with Crippen molar-refractivity contribution in [2.45, 2.75) is 6.42 Å². The molecule has 1 aliphatic heterocycles. The number of anilines is 1. The summed E-state index contributed by atoms with van der Waals surface area (Å²) in [6.07, 6.45) is 0.879. The SMILES string of the molecule is O=C(Nc1ccc2c(c1)CCO2)c1ccc(Cl)cc1Br. The molecule has 3 rings (SSSR count). The molecule has 20 heavy (non-hydrogen) atoms. The van der Waals surface area contributed by atoms with Crippen molar-refractivity contribution < 1.29 is 9.53 Å². The Labute approximate surface area is 130 Å². The van der Waals surface area contributed by atoms with Crippen molar-refractivity contribution in [3.63, 3.8) is 0 Å². The van der Waals surface area contributed by atoms with Gasteiger partial charge in [0.25, 0.3) is 5.91 Å². The fraction of sp³-hybridized carbons (Fsp3) is 0.133. The second-order valence-electron chi connectivity index (χ2n) is 4.50. The van der Waals surface area contributed by atoms with Gasteiger partial charge in [-0.3, -0.25) is 4.79 Å². The summed E-state index contributed by atoms with van der Waals surface area (Å²) in [5.74, 6) is 0.725. The van der Waals surface area contributed by atoms with Gasteiger partial charge in [0.1, 0.15) is 5.75 Å². The first-order valence-corrected chi connectivity index (χ1v) is 7.33. The number of carbonyl (C=O) groups is 1. The van der Waals surface area contributed by atoms with Crippen LogP contribution in [0.15, 0.2) is 40.9 Å². The Hall–Kier alpha value is -1.52. The number of fused-ring (bicyclic) bond motifs is 1. The molecule has 0 aliphatic carbocycles. The van der Waals surface area contributed by atoms with Gasteiger partial charge in [-0.15, -0.1) is 0 Å². The normalized spacial score (nSPS) is 12.7. The molecule has 1 heterocycles. The maximum Gasteiger partial charge on any atom is 0.256 e. The lowest BCUT2D eigenvalue weighted by Crippen LogP contribution is -2.12. The Morgan fingerprint density at radius 3 is 2.90 bits per heavy atom. The van der Waals surface area contributed by atoms with Gasteiger partial charge in [-0.25, -0.2) is 0 Å². The van der Waals surface area contributed by atoms with Crippen molar-refractivity contribution in [2.24, 2.45) is 0 Å². The molecule has 0 radical (unpaired) electrons. The number of benzene rings is 2. The van der Waals surface area contributed by atoms with Crippen LogP contribution in [0.2, 0.25) is 5.02 Å². The summed E-state index contributed by atoms with van der Waals surface area (Å²) in [6.45, 7) is 0.704. The number of halogens is 2. The smallest absolute Gasteiger partial charge is 0.256 e. The monoisotopic (exact) mass is 351 g/mol. The van der Waals surface area contributed by atoms with E-state index in [2.05, 4.69) is 21.2 Å². The third-order valence-electron chi connectivity index (χ3n) is 3.12. The highest BCUT2D eigenvalue weighted by Crippen LogP contribution is 2.28. The first kappa shape index (κ1) is 13.5. The number of carbonyl (C=O) groups excluding carboxylic acids is 1. The summed E-state index contributed by atoms with van der Waals surface area (Å²) in [5.41, 5.74) is 2.44. The van der Waals surface area contributed by atoms with Crippen molar-refractivity contribution in [3.05, 3.63) is 57.0 Å². The summed E-state index contributed by atoms with van der Waals surface area (Å²) in [5, 5.41) is 3.47. The van der Waals surface area contributed by atoms with Crippen molar-refractivity contribution in [1.29, 1.82) is 0 Å². The van der Waals surface area contributed by atoms with E-state index in [4.69, 9.17) is 16.3 Å². The maximum absolute atomic E-state index is 12.2. The van der Waals surface area contributed by atoms with Crippen LogP contribution in [0.1, 0.15) is 15.9 Å². The molecule has 102 valence electrons. The summed E-state index contributed by atoms with van der Waals surface area (Å²) in [6, 6.07) is 10.8. The van der Waals surface area contributed by atoms with Crippen molar-refractivity contribution in [1.82, 2.24) is 0 Å². The van der Waals surface area contributed by atoms with E-state index < -0.39 is 0 Å². The highest BCUT2D eigenvalue weighted by Gasteiger charge is 2.14. The van der Waals surface area contributed by atoms with Crippen LogP contribution >= 0.6 is 27.5 Å². The highest BCUT2D eigenvalue weighted by atomic mass is 79.9. The first-order valence-electron chi connectivity index (χ1n) is 6.15. The van der Waals surface area contributed by atoms with Gasteiger partial charge in [-0.2, -0.15) is 0 Å². The average molecular weight is 353 g/mol. The Morgan fingerprint density at radius 1 is 1.25 bits per heavy atom. The molecule has 0 atom stereocenters. The minimum atomic E-state index is -0.174. The lowest BCUT2D eigenvalue weighted by molar-refractivity contribution is 0.102. The molecule has 1 N–H and O–H groups in total. The molecule has 1 aliphatic rings. The molecule has 0 saturated heterocycles. The number of amides is 1. The van der Waals surface area contributed by atoms with Crippen LogP contribution in [0.25, 0.3) is 0 Å². The standard InChI is InChI=1S/C15H11BrClNO2/c16-13-8-10(17)1-3-12(13)15(19)18-11-2-4-14-9(7-11)5-6-20-14/h1-4,7-8H,5-6H2,(H,18,19). The maximum atomic E-state index is 12.2. The second-order valence-corrected chi connectivity index (χ2v) is 5.79. The zero-order valence-electron chi connectivity index (χ0n) is 10.5. The van der Waals surface area contributed by atoms with Gasteiger partial charge in [0.2, 0.25) is 0 Å². The Morgan fingerprint density at radius 2 is 2.10 bits per heavy atom. The Kier molecular flexibility index (Phi) is 3.68. The summed E-state index contributed by atoms with van der Waals surface area (Å²) < 4.78 is 6.11. The largest absolute Gasteiger partial charge is 0.493 e. The van der Waals surface area contributed by atoms with Crippen molar-refractivity contribution >= 4 is 39.1 Å². The van der Waals surface area contributed by atoms with E-state index in [1.165, 1.54) is 0 Å². The Balaban J connectivity index is 1.82. The van der Waals surface area contributed by atoms with Gasteiger partial charge in [-0.05, 0) is 57.9 Å². The van der Waals surface area contributed by atoms with E-state index in [-0.39, 0.29) is 5.91 Å². The molecule has 0 bridgehead atoms. The molecule has 2 aromatic rings. The first-order chi connectivity index (χ1) is 9.63. The van der Waals surface area contributed by atoms with E-state index in [1.54, 1.807) is 18.2 Å². The predicted molar refractivity (Wildman–Crippen MR) is 82.7 cm³/mol. The van der Waals surface area contributed by atoms with Crippen LogP contribution in [0.3, 0.4) is 0 Å². The molecule has 3 nitrogen and oxygen atoms in total. The van der Waals surface area contributed by atoms with Crippen LogP contribution in [0.5, 0.6) is 5.75 Å². The van der Waals surface area contributed by atoms with Crippen LogP contribution in [-0.4, -0.2) is 12.5 Å². The van der Waals surface area contributed by atoms with Gasteiger partial charge in [0.05, 0.1) is 12.2 Å². The van der Waals surface area contributed by atoms with E-state index >= 15 is 0 Å². The highest BCUT2D eigenvalue weighted by molar-refractivity contribution is 9.10. The quantitative estimate of drug-likeness (QED) is 0.875. The molecule has 0 aromatic heterocycles. The molecule has 0 unspecified atom stereocenters. The molecular weight excluding hydrogens is 342 g/mol. The number of hydrogen-bond acceptors (Lipinski definition) is 2. The lowest BCUT2D eigenvalue weighted by Gasteiger charge is -2.08. The Bertz CT molecular complexity index is 688. The minimum absolute atomic E-state index is 0.174. The van der Waals surface area contributed by atoms with E-state index in [9.17, 15) is 4.79 Å². The fourth-order valence-corrected chi connectivity index (χ4v) is 3.00. The van der Waals surface area contributed by atoms with Crippen LogP contribution < -0.4 is 10.1 Å². The number of nitrogens with one attached hydrogen (secondary N) is 1. The molecule has 0 saturated carbocycles. The molecule has 5 heteroatoms. The summed E-state index contributed by atoms with van der Waals surface area (Å²) in [4.78, 5) is 12.2. The van der Waals surface area contributed by atoms with E-state index in [1.807, 2.05) is 18.2 Å². The van der Waals surface area contributed by atoms with Gasteiger partial charge in [0.15, 0.2) is 0 Å². The number of ether oxygens (including phenoxy) is 1. The second kappa shape index (κ2) is 5.46. The molecule has 0 spiro atoms. The minimum Gasteiger partial charge on any atom is -0.493 e. The molecular formula is C15H11BrClNO2. The molecule has 2 aromatic carbocycles. The fourth-order valence-electron chi connectivity index (χ4n) is 2.14. The van der Waals surface area contributed by atoms with Gasteiger partial charge < -0.3 is 10.1 Å². The average Bonchev–Trinajstić information content (AvgIpc) is 2.85. The van der Waals surface area contributed by atoms with Crippen LogP contribution in [-0.2, 0) is 6.42 Å². The van der Waals surface area contributed by atoms with Crippen molar-refractivity contribution in [2.75, 3.05) is 11.9 Å². The van der Waals surface area contributed by atoms with Gasteiger partial charge in [-0.1, -0.05) is 11.6 Å². The van der Waals surface area contributed by atoms with Gasteiger partial charge in [0, 0.05) is 21.6 Å². The van der Waals surface area contributed by atoms with Gasteiger partial charge >= 0.3 is 0 Å². The topological polar surface area (TPSA) is 38.3 Å². The van der Waals surface area contributed by atoms with Crippen molar-refractivity contribution in [3.8, 4) is 5.75 Å².